The van der Waals surface area contributed by atoms with Crippen molar-refractivity contribution in [3.8, 4) is 0 Å². The van der Waals surface area contributed by atoms with Gasteiger partial charge >= 0.3 is 0 Å². The maximum atomic E-state index is 11.7. The summed E-state index contributed by atoms with van der Waals surface area (Å²) < 4.78 is 23.5. The fourth-order valence-electron chi connectivity index (χ4n) is 2.10. The van der Waals surface area contributed by atoms with Crippen molar-refractivity contribution in [2.24, 2.45) is 5.84 Å². The quantitative estimate of drug-likeness (QED) is 0.648. The van der Waals surface area contributed by atoms with E-state index in [2.05, 4.69) is 10.4 Å². The topological polar surface area (TPSA) is 85.1 Å². The minimum Gasteiger partial charge on any atom is -0.271 e. The van der Waals surface area contributed by atoms with Gasteiger partial charge in [-0.2, -0.15) is 0 Å². The molecule has 0 aliphatic rings. The number of sulfone groups is 1. The zero-order valence-corrected chi connectivity index (χ0v) is 11.7. The zero-order chi connectivity index (χ0) is 14.0. The summed E-state index contributed by atoms with van der Waals surface area (Å²) in [6, 6.07) is 8.94. The number of pyridine rings is 1. The van der Waals surface area contributed by atoms with Gasteiger partial charge in [0.2, 0.25) is 0 Å². The first kappa shape index (κ1) is 13.9. The third-order valence-corrected chi connectivity index (χ3v) is 4.95. The molecule has 0 aliphatic carbocycles. The van der Waals surface area contributed by atoms with Crippen LogP contribution in [0, 0.1) is 0 Å². The van der Waals surface area contributed by atoms with Crippen molar-refractivity contribution in [1.29, 1.82) is 0 Å². The third-order valence-electron chi connectivity index (χ3n) is 3.32. The van der Waals surface area contributed by atoms with Crippen LogP contribution in [0.15, 0.2) is 36.5 Å². The molecule has 2 unspecified atom stereocenters. The Morgan fingerprint density at radius 1 is 1.26 bits per heavy atom. The van der Waals surface area contributed by atoms with Crippen LogP contribution < -0.4 is 11.3 Å². The molecule has 0 radical (unpaired) electrons. The number of nitrogens with two attached hydrogens (primary N) is 1. The Labute approximate surface area is 112 Å². The molecule has 0 saturated carbocycles. The number of aromatic nitrogens is 1. The molecule has 2 atom stereocenters. The molecule has 0 aliphatic heterocycles. The van der Waals surface area contributed by atoms with Gasteiger partial charge in [0.25, 0.3) is 0 Å². The number of hydrazine groups is 1. The molecule has 1 heterocycles. The summed E-state index contributed by atoms with van der Waals surface area (Å²) >= 11 is 0. The van der Waals surface area contributed by atoms with Gasteiger partial charge in [-0.05, 0) is 18.6 Å². The van der Waals surface area contributed by atoms with Crippen molar-refractivity contribution in [2.45, 2.75) is 18.2 Å². The summed E-state index contributed by atoms with van der Waals surface area (Å²) in [6.45, 7) is 1.64. The normalized spacial score (nSPS) is 15.3. The second-order valence-electron chi connectivity index (χ2n) is 4.60. The Hall–Kier alpha value is -1.50. The first-order valence-corrected chi connectivity index (χ1v) is 7.89. The maximum absolute atomic E-state index is 11.7. The highest BCUT2D eigenvalue weighted by Gasteiger charge is 2.27. The minimum atomic E-state index is -3.20. The number of nitrogens with one attached hydrogen (secondary N) is 1. The Kier molecular flexibility index (Phi) is 3.84. The molecule has 2 rings (SSSR count). The van der Waals surface area contributed by atoms with Crippen LogP contribution in [0.25, 0.3) is 10.9 Å². The van der Waals surface area contributed by atoms with Gasteiger partial charge in [-0.25, -0.2) is 8.42 Å². The van der Waals surface area contributed by atoms with Crippen LogP contribution >= 0.6 is 0 Å². The van der Waals surface area contributed by atoms with Gasteiger partial charge in [0.15, 0.2) is 9.84 Å². The Balaban J connectivity index is 2.59. The summed E-state index contributed by atoms with van der Waals surface area (Å²) in [5.74, 6) is 5.55. The second kappa shape index (κ2) is 5.24. The molecule has 0 fully saturated rings. The molecule has 2 aromatic rings. The van der Waals surface area contributed by atoms with Crippen molar-refractivity contribution in [3.05, 3.63) is 42.1 Å². The molecule has 6 heteroatoms. The van der Waals surface area contributed by atoms with E-state index in [0.29, 0.717) is 0 Å². The van der Waals surface area contributed by atoms with E-state index in [1.54, 1.807) is 13.1 Å². The molecule has 1 aromatic carbocycles. The van der Waals surface area contributed by atoms with Crippen molar-refractivity contribution in [1.82, 2.24) is 10.4 Å². The number of hydrogen-bond acceptors (Lipinski definition) is 5. The number of hydrogen-bond donors (Lipinski definition) is 2. The van der Waals surface area contributed by atoms with E-state index < -0.39 is 21.1 Å². The first-order chi connectivity index (χ1) is 8.95. The molecular formula is C13H17N3O2S. The number of rotatable bonds is 4. The van der Waals surface area contributed by atoms with Gasteiger partial charge in [-0.3, -0.25) is 16.3 Å². The molecule has 0 spiro atoms. The molecule has 1 aromatic heterocycles. The van der Waals surface area contributed by atoms with Crippen molar-refractivity contribution < 1.29 is 8.42 Å². The van der Waals surface area contributed by atoms with E-state index in [4.69, 9.17) is 5.84 Å². The molecule has 102 valence electrons. The van der Waals surface area contributed by atoms with Gasteiger partial charge in [-0.15, -0.1) is 0 Å². The van der Waals surface area contributed by atoms with E-state index in [1.807, 2.05) is 30.3 Å². The number of para-hydroxylation sites is 1. The number of fused-ring (bicyclic) bond motifs is 1. The van der Waals surface area contributed by atoms with Gasteiger partial charge in [0, 0.05) is 17.8 Å². The van der Waals surface area contributed by atoms with E-state index in [-0.39, 0.29) is 0 Å². The van der Waals surface area contributed by atoms with Crippen molar-refractivity contribution in [3.63, 3.8) is 0 Å². The standard InChI is InChI=1S/C13H17N3O2S/c1-9(19(2,17)18)12(16-14)11-7-3-5-10-6-4-8-15-13(10)11/h3-9,12,16H,14H2,1-2H3. The van der Waals surface area contributed by atoms with Crippen LogP contribution in [0.1, 0.15) is 18.5 Å². The molecule has 3 N–H and O–H groups in total. The lowest BCUT2D eigenvalue weighted by molar-refractivity contribution is 0.515. The van der Waals surface area contributed by atoms with Gasteiger partial charge in [0.1, 0.15) is 0 Å². The Morgan fingerprint density at radius 2 is 1.95 bits per heavy atom. The van der Waals surface area contributed by atoms with Gasteiger partial charge < -0.3 is 0 Å². The fourth-order valence-corrected chi connectivity index (χ4v) is 2.82. The summed E-state index contributed by atoms with van der Waals surface area (Å²) in [4.78, 5) is 4.32. The van der Waals surface area contributed by atoms with Crippen LogP contribution in [0.4, 0.5) is 0 Å². The fraction of sp³-hybridized carbons (Fsp3) is 0.308. The lowest BCUT2D eigenvalue weighted by Crippen LogP contribution is -2.39. The lowest BCUT2D eigenvalue weighted by atomic mass is 10.0. The summed E-state index contributed by atoms with van der Waals surface area (Å²) in [6.07, 6.45) is 2.89. The number of benzene rings is 1. The average molecular weight is 279 g/mol. The second-order valence-corrected chi connectivity index (χ2v) is 7.00. The van der Waals surface area contributed by atoms with Crippen LogP contribution in [-0.2, 0) is 9.84 Å². The monoisotopic (exact) mass is 279 g/mol. The van der Waals surface area contributed by atoms with Crippen LogP contribution in [0.5, 0.6) is 0 Å². The highest BCUT2D eigenvalue weighted by molar-refractivity contribution is 7.91. The first-order valence-electron chi connectivity index (χ1n) is 5.94. The highest BCUT2D eigenvalue weighted by Crippen LogP contribution is 2.26. The third kappa shape index (κ3) is 2.75. The summed E-state index contributed by atoms with van der Waals surface area (Å²) in [5, 5.41) is 0.325. The predicted molar refractivity (Wildman–Crippen MR) is 76.1 cm³/mol. The van der Waals surface area contributed by atoms with Gasteiger partial charge in [-0.1, -0.05) is 24.3 Å². The predicted octanol–water partition coefficient (Wildman–Crippen LogP) is 1.17. The molecule has 0 bridgehead atoms. The van der Waals surface area contributed by atoms with Crippen LogP contribution in [0.2, 0.25) is 0 Å². The maximum Gasteiger partial charge on any atom is 0.151 e. The molecule has 0 saturated heterocycles. The smallest absolute Gasteiger partial charge is 0.151 e. The van der Waals surface area contributed by atoms with Crippen molar-refractivity contribution >= 4 is 20.7 Å². The Morgan fingerprint density at radius 3 is 2.58 bits per heavy atom. The largest absolute Gasteiger partial charge is 0.271 e. The van der Waals surface area contributed by atoms with Crippen LogP contribution in [0.3, 0.4) is 0 Å². The lowest BCUT2D eigenvalue weighted by Gasteiger charge is -2.23. The number of nitrogens with zero attached hydrogens (tertiary/aromatic N) is 1. The van der Waals surface area contributed by atoms with E-state index in [1.165, 1.54) is 6.26 Å². The molecule has 0 amide bonds. The minimum absolute atomic E-state index is 0.492. The zero-order valence-electron chi connectivity index (χ0n) is 10.9. The Bertz CT molecular complexity index is 680. The molecule has 5 nitrogen and oxygen atoms in total. The van der Waals surface area contributed by atoms with Gasteiger partial charge in [0.05, 0.1) is 16.8 Å². The van der Waals surface area contributed by atoms with E-state index in [9.17, 15) is 8.42 Å². The van der Waals surface area contributed by atoms with E-state index in [0.717, 1.165) is 16.5 Å². The van der Waals surface area contributed by atoms with Crippen LogP contribution in [-0.4, -0.2) is 24.9 Å². The van der Waals surface area contributed by atoms with Crippen molar-refractivity contribution in [2.75, 3.05) is 6.26 Å². The summed E-state index contributed by atoms with van der Waals surface area (Å²) in [7, 11) is -3.20. The average Bonchev–Trinajstić information content (AvgIpc) is 2.38. The SMILES string of the molecule is CC(C(NN)c1cccc2cccnc12)S(C)(=O)=O. The summed E-state index contributed by atoms with van der Waals surface area (Å²) in [5.41, 5.74) is 4.16. The van der Waals surface area contributed by atoms with E-state index >= 15 is 0 Å². The molecular weight excluding hydrogens is 262 g/mol. The molecule has 19 heavy (non-hydrogen) atoms. The highest BCUT2D eigenvalue weighted by atomic mass is 32.2.